The van der Waals surface area contributed by atoms with Crippen LogP contribution in [0.2, 0.25) is 0 Å². The summed E-state index contributed by atoms with van der Waals surface area (Å²) in [6.45, 7) is 1.90. The molecule has 8 nitrogen and oxygen atoms in total. The molecule has 2 aromatic heterocycles. The average molecular weight is 338 g/mol. The largest absolute Gasteiger partial charge is 0.449 e. The van der Waals surface area contributed by atoms with Gasteiger partial charge in [0.15, 0.2) is 0 Å². The molecule has 2 aromatic rings. The van der Waals surface area contributed by atoms with Gasteiger partial charge in [-0.25, -0.2) is 19.7 Å². The van der Waals surface area contributed by atoms with Gasteiger partial charge in [0.2, 0.25) is 5.95 Å². The number of rotatable bonds is 2. The van der Waals surface area contributed by atoms with Crippen LogP contribution < -0.4 is 16.0 Å². The third kappa shape index (κ3) is 2.28. The van der Waals surface area contributed by atoms with E-state index in [4.69, 9.17) is 10.5 Å². The number of amides is 1. The van der Waals surface area contributed by atoms with Crippen molar-refractivity contribution in [2.75, 3.05) is 35.6 Å². The summed E-state index contributed by atoms with van der Waals surface area (Å²) in [5.41, 5.74) is 9.01. The average Bonchev–Trinajstić information content (AvgIpc) is 3.31. The van der Waals surface area contributed by atoms with Crippen LogP contribution in [0.25, 0.3) is 11.3 Å². The summed E-state index contributed by atoms with van der Waals surface area (Å²) < 4.78 is 5.07. The van der Waals surface area contributed by atoms with Gasteiger partial charge in [0, 0.05) is 41.9 Å². The van der Waals surface area contributed by atoms with Gasteiger partial charge >= 0.3 is 6.09 Å². The molecule has 8 heteroatoms. The highest BCUT2D eigenvalue weighted by molar-refractivity contribution is 5.86. The van der Waals surface area contributed by atoms with Crippen molar-refractivity contribution < 1.29 is 9.53 Å². The lowest BCUT2D eigenvalue weighted by Crippen LogP contribution is -2.39. The van der Waals surface area contributed by atoms with Gasteiger partial charge in [-0.05, 0) is 25.3 Å². The Hall–Kier alpha value is -2.90. The first-order chi connectivity index (χ1) is 12.1. The second-order valence-electron chi connectivity index (χ2n) is 6.85. The van der Waals surface area contributed by atoms with Crippen LogP contribution >= 0.6 is 0 Å². The highest BCUT2D eigenvalue weighted by Crippen LogP contribution is 2.54. The van der Waals surface area contributed by atoms with E-state index >= 15 is 0 Å². The maximum atomic E-state index is 12.0. The van der Waals surface area contributed by atoms with E-state index in [1.807, 2.05) is 0 Å². The van der Waals surface area contributed by atoms with Crippen LogP contribution in [0, 0.1) is 0 Å². The number of nitrogen functional groups attached to an aromatic ring is 1. The van der Waals surface area contributed by atoms with Gasteiger partial charge in [0.25, 0.3) is 0 Å². The number of carbonyl (C=O) groups excluding carboxylic acids is 1. The molecule has 4 heterocycles. The number of cyclic esters (lactones) is 1. The number of nitrogens with zero attached hydrogens (tertiary/aromatic N) is 4. The Kier molecular flexibility index (Phi) is 2.92. The van der Waals surface area contributed by atoms with Gasteiger partial charge in [0.1, 0.15) is 11.6 Å². The third-order valence-electron chi connectivity index (χ3n) is 5.15. The lowest BCUT2D eigenvalue weighted by Gasteiger charge is -2.24. The van der Waals surface area contributed by atoms with Crippen molar-refractivity contribution in [1.29, 1.82) is 0 Å². The summed E-state index contributed by atoms with van der Waals surface area (Å²) in [5.74, 6) is 1.56. The topological polar surface area (TPSA) is 106 Å². The van der Waals surface area contributed by atoms with Gasteiger partial charge in [-0.1, -0.05) is 0 Å². The van der Waals surface area contributed by atoms with Crippen LogP contribution in [0.4, 0.5) is 22.4 Å². The molecule has 1 amide bonds. The number of nitrogens with two attached hydrogens (primary N) is 1. The molecule has 3 aliphatic rings. The van der Waals surface area contributed by atoms with Crippen LogP contribution in [0.5, 0.6) is 0 Å². The first-order valence-corrected chi connectivity index (χ1v) is 8.48. The zero-order valence-electron chi connectivity index (χ0n) is 13.7. The van der Waals surface area contributed by atoms with Crippen LogP contribution in [0.1, 0.15) is 24.8 Å². The van der Waals surface area contributed by atoms with E-state index in [0.717, 1.165) is 24.3 Å². The molecule has 128 valence electrons. The Bertz CT molecular complexity index is 879. The number of anilines is 3. The van der Waals surface area contributed by atoms with Crippen molar-refractivity contribution in [2.24, 2.45) is 0 Å². The van der Waals surface area contributed by atoms with Crippen molar-refractivity contribution in [3.8, 4) is 11.3 Å². The van der Waals surface area contributed by atoms with Crippen molar-refractivity contribution >= 4 is 23.7 Å². The van der Waals surface area contributed by atoms with E-state index in [1.165, 1.54) is 23.3 Å². The number of nitrogens with one attached hydrogen (secondary N) is 1. The number of hydrogen-bond donors (Lipinski definition) is 2. The van der Waals surface area contributed by atoms with E-state index in [2.05, 4.69) is 26.3 Å². The first-order valence-electron chi connectivity index (χ1n) is 8.48. The molecule has 0 aromatic carbocycles. The number of fused-ring (bicyclic) bond motifs is 2. The summed E-state index contributed by atoms with van der Waals surface area (Å²) in [4.78, 5) is 26.7. The number of aromatic nitrogens is 3. The van der Waals surface area contributed by atoms with Crippen molar-refractivity contribution in [1.82, 2.24) is 15.0 Å². The Labute approximate surface area is 144 Å². The standard InChI is InChI=1S/C17H18N6O2/c18-13-7-12(21-15(22-13)23-4-1-5-25-16(23)24)10-6-11-14(19-8-10)20-9-17(11)2-3-17/h6-8H,1-5,9H2,(H,19,20)(H2,18,21,22). The molecule has 0 radical (unpaired) electrons. The third-order valence-corrected chi connectivity index (χ3v) is 5.15. The van der Waals surface area contributed by atoms with E-state index in [0.29, 0.717) is 24.7 Å². The second kappa shape index (κ2) is 5.05. The predicted molar refractivity (Wildman–Crippen MR) is 92.4 cm³/mol. The maximum absolute atomic E-state index is 12.0. The normalized spacial score (nSPS) is 20.2. The minimum absolute atomic E-state index is 0.246. The summed E-state index contributed by atoms with van der Waals surface area (Å²) in [7, 11) is 0. The van der Waals surface area contributed by atoms with Crippen LogP contribution in [-0.2, 0) is 10.2 Å². The Morgan fingerprint density at radius 2 is 2.16 bits per heavy atom. The molecule has 0 bridgehead atoms. The predicted octanol–water partition coefficient (Wildman–Crippen LogP) is 1.92. The molecule has 0 atom stereocenters. The zero-order valence-corrected chi connectivity index (χ0v) is 13.7. The minimum Gasteiger partial charge on any atom is -0.449 e. The fourth-order valence-electron chi connectivity index (χ4n) is 3.55. The quantitative estimate of drug-likeness (QED) is 0.861. The molecule has 1 saturated carbocycles. The molecular formula is C17H18N6O2. The van der Waals surface area contributed by atoms with Crippen molar-refractivity contribution in [3.63, 3.8) is 0 Å². The lowest BCUT2D eigenvalue weighted by atomic mass is 9.98. The van der Waals surface area contributed by atoms with Gasteiger partial charge in [-0.3, -0.25) is 0 Å². The molecule has 25 heavy (non-hydrogen) atoms. The maximum Gasteiger partial charge on any atom is 0.416 e. The molecule has 3 N–H and O–H groups in total. The number of carbonyl (C=O) groups is 1. The van der Waals surface area contributed by atoms with E-state index in [9.17, 15) is 4.79 Å². The van der Waals surface area contributed by atoms with Gasteiger partial charge in [-0.2, -0.15) is 4.98 Å². The molecule has 2 fully saturated rings. The molecule has 0 unspecified atom stereocenters. The zero-order chi connectivity index (χ0) is 17.0. The molecular weight excluding hydrogens is 320 g/mol. The van der Waals surface area contributed by atoms with E-state index in [1.54, 1.807) is 12.3 Å². The van der Waals surface area contributed by atoms with Crippen LogP contribution in [0.15, 0.2) is 18.3 Å². The Balaban J connectivity index is 1.55. The highest BCUT2D eigenvalue weighted by atomic mass is 16.6. The molecule has 1 saturated heterocycles. The van der Waals surface area contributed by atoms with Gasteiger partial charge < -0.3 is 15.8 Å². The minimum atomic E-state index is -0.434. The Morgan fingerprint density at radius 3 is 2.96 bits per heavy atom. The number of hydrogen-bond acceptors (Lipinski definition) is 7. The van der Waals surface area contributed by atoms with Gasteiger partial charge in [-0.15, -0.1) is 0 Å². The number of ether oxygens (including phenoxy) is 1. The van der Waals surface area contributed by atoms with Crippen LogP contribution in [-0.4, -0.2) is 40.7 Å². The molecule has 5 rings (SSSR count). The SMILES string of the molecule is Nc1cc(-c2cnc3c(c2)C2(CC2)CN3)nc(N2CCCOC2=O)n1. The summed E-state index contributed by atoms with van der Waals surface area (Å²) in [6.07, 6.45) is 4.47. The van der Waals surface area contributed by atoms with E-state index < -0.39 is 6.09 Å². The smallest absolute Gasteiger partial charge is 0.416 e. The number of pyridine rings is 1. The van der Waals surface area contributed by atoms with E-state index in [-0.39, 0.29) is 11.4 Å². The highest BCUT2D eigenvalue weighted by Gasteiger charge is 2.49. The summed E-state index contributed by atoms with van der Waals surface area (Å²) in [5, 5.41) is 3.37. The molecule has 2 aliphatic heterocycles. The lowest BCUT2D eigenvalue weighted by molar-refractivity contribution is 0.139. The van der Waals surface area contributed by atoms with Crippen molar-refractivity contribution in [3.05, 3.63) is 23.9 Å². The molecule has 1 spiro atoms. The summed E-state index contributed by atoms with van der Waals surface area (Å²) >= 11 is 0. The monoisotopic (exact) mass is 338 g/mol. The molecule has 1 aliphatic carbocycles. The Morgan fingerprint density at radius 1 is 1.28 bits per heavy atom. The van der Waals surface area contributed by atoms with Crippen LogP contribution in [0.3, 0.4) is 0 Å². The van der Waals surface area contributed by atoms with Crippen molar-refractivity contribution in [2.45, 2.75) is 24.7 Å². The fourth-order valence-corrected chi connectivity index (χ4v) is 3.55. The van der Waals surface area contributed by atoms with Gasteiger partial charge in [0.05, 0.1) is 12.3 Å². The summed E-state index contributed by atoms with van der Waals surface area (Å²) in [6, 6.07) is 3.85. The first kappa shape index (κ1) is 14.4. The second-order valence-corrected chi connectivity index (χ2v) is 6.85. The fraction of sp³-hybridized carbons (Fsp3) is 0.412.